The summed E-state index contributed by atoms with van der Waals surface area (Å²) in [4.78, 5) is 0. The van der Waals surface area contributed by atoms with E-state index in [1.54, 1.807) is 0 Å². The zero-order chi connectivity index (χ0) is 14.6. The minimum Gasteiger partial charge on any atom is -0.369 e. The molecule has 20 heavy (non-hydrogen) atoms. The van der Waals surface area contributed by atoms with Gasteiger partial charge in [-0.25, -0.2) is 0 Å². The van der Waals surface area contributed by atoms with Crippen LogP contribution in [0.4, 0.5) is 0 Å². The van der Waals surface area contributed by atoms with E-state index in [1.165, 1.54) is 18.4 Å². The van der Waals surface area contributed by atoms with Gasteiger partial charge in [-0.05, 0) is 52.5 Å². The Morgan fingerprint density at radius 2 is 1.70 bits per heavy atom. The largest absolute Gasteiger partial charge is 0.369 e. The van der Waals surface area contributed by atoms with E-state index >= 15 is 0 Å². The zero-order valence-electron chi connectivity index (χ0n) is 13.1. The Hall–Kier alpha value is -0.860. The molecular formula is C18H27NO. The van der Waals surface area contributed by atoms with Gasteiger partial charge in [-0.15, -0.1) is 0 Å². The fraction of sp³-hybridized carbons (Fsp3) is 0.667. The third-order valence-corrected chi connectivity index (χ3v) is 5.35. The molecule has 1 aliphatic heterocycles. The number of rotatable bonds is 3. The topological polar surface area (TPSA) is 35.2 Å². The third-order valence-electron chi connectivity index (χ3n) is 5.35. The highest BCUT2D eigenvalue weighted by Crippen LogP contribution is 2.56. The lowest BCUT2D eigenvalue weighted by molar-refractivity contribution is -0.0776. The van der Waals surface area contributed by atoms with Crippen LogP contribution in [0.25, 0.3) is 0 Å². The molecular weight excluding hydrogens is 246 g/mol. The normalized spacial score (nSPS) is 30.9. The molecule has 2 fully saturated rings. The second-order valence-corrected chi connectivity index (χ2v) is 7.82. The van der Waals surface area contributed by atoms with Crippen molar-refractivity contribution >= 4 is 0 Å². The summed E-state index contributed by atoms with van der Waals surface area (Å²) >= 11 is 0. The first kappa shape index (κ1) is 14.1. The van der Waals surface area contributed by atoms with Gasteiger partial charge in [-0.3, -0.25) is 0 Å². The van der Waals surface area contributed by atoms with Crippen LogP contribution in [0.3, 0.4) is 0 Å². The zero-order valence-corrected chi connectivity index (χ0v) is 13.1. The van der Waals surface area contributed by atoms with Crippen molar-refractivity contribution in [2.75, 3.05) is 0 Å². The van der Waals surface area contributed by atoms with Gasteiger partial charge in [0.25, 0.3) is 0 Å². The lowest BCUT2D eigenvalue weighted by Crippen LogP contribution is -2.48. The van der Waals surface area contributed by atoms with E-state index in [1.807, 2.05) is 0 Å². The van der Waals surface area contributed by atoms with Crippen molar-refractivity contribution < 1.29 is 4.74 Å². The van der Waals surface area contributed by atoms with E-state index in [2.05, 4.69) is 58.0 Å². The lowest BCUT2D eigenvalue weighted by Gasteiger charge is -2.36. The van der Waals surface area contributed by atoms with E-state index in [0.29, 0.717) is 5.92 Å². The van der Waals surface area contributed by atoms with Gasteiger partial charge in [0, 0.05) is 17.4 Å². The molecule has 2 N–H and O–H groups in total. The molecule has 2 aliphatic rings. The molecule has 0 spiro atoms. The van der Waals surface area contributed by atoms with Crippen LogP contribution in [0.2, 0.25) is 0 Å². The molecule has 3 rings (SSSR count). The van der Waals surface area contributed by atoms with Gasteiger partial charge in [0.2, 0.25) is 0 Å². The van der Waals surface area contributed by atoms with Crippen LogP contribution in [0.15, 0.2) is 30.3 Å². The Morgan fingerprint density at radius 3 is 2.15 bits per heavy atom. The summed E-state index contributed by atoms with van der Waals surface area (Å²) in [5.74, 6) is 0.417. The highest BCUT2D eigenvalue weighted by molar-refractivity contribution is 5.34. The molecule has 1 aromatic carbocycles. The summed E-state index contributed by atoms with van der Waals surface area (Å²) in [6.07, 6.45) is 3.48. The Morgan fingerprint density at radius 1 is 1.10 bits per heavy atom. The Labute approximate surface area is 122 Å². The maximum absolute atomic E-state index is 6.77. The number of hydrogen-bond acceptors (Lipinski definition) is 2. The summed E-state index contributed by atoms with van der Waals surface area (Å²) in [6, 6.07) is 11.0. The van der Waals surface area contributed by atoms with Gasteiger partial charge in [0.1, 0.15) is 0 Å². The molecule has 1 saturated carbocycles. The highest BCUT2D eigenvalue weighted by Gasteiger charge is 2.58. The minimum absolute atomic E-state index is 0.0570. The summed E-state index contributed by atoms with van der Waals surface area (Å²) in [5.41, 5.74) is 8.18. The SMILES string of the molecule is CC1(C)CC(C(N)C2(c3ccccc3)CC2)C(C)(C)O1. The second-order valence-electron chi connectivity index (χ2n) is 7.82. The maximum Gasteiger partial charge on any atom is 0.0677 e. The number of nitrogens with two attached hydrogens (primary N) is 1. The Balaban J connectivity index is 1.88. The van der Waals surface area contributed by atoms with Gasteiger partial charge in [-0.1, -0.05) is 30.3 Å². The van der Waals surface area contributed by atoms with Crippen molar-refractivity contribution in [3.05, 3.63) is 35.9 Å². The summed E-state index contributed by atoms with van der Waals surface area (Å²) < 4.78 is 6.25. The third kappa shape index (κ3) is 2.19. The molecule has 0 bridgehead atoms. The predicted octanol–water partition coefficient (Wildman–Crippen LogP) is 3.64. The minimum atomic E-state index is -0.132. The molecule has 0 amide bonds. The van der Waals surface area contributed by atoms with Crippen LogP contribution in [-0.4, -0.2) is 17.2 Å². The molecule has 0 aromatic heterocycles. The van der Waals surface area contributed by atoms with E-state index in [9.17, 15) is 0 Å². The molecule has 1 aliphatic carbocycles. The van der Waals surface area contributed by atoms with Crippen LogP contribution >= 0.6 is 0 Å². The average molecular weight is 273 g/mol. The molecule has 2 unspecified atom stereocenters. The van der Waals surface area contributed by atoms with E-state index in [-0.39, 0.29) is 22.7 Å². The van der Waals surface area contributed by atoms with Crippen molar-refractivity contribution in [3.63, 3.8) is 0 Å². The van der Waals surface area contributed by atoms with Crippen LogP contribution < -0.4 is 5.73 Å². The molecule has 2 atom stereocenters. The van der Waals surface area contributed by atoms with Crippen LogP contribution in [0.5, 0.6) is 0 Å². The van der Waals surface area contributed by atoms with Crippen LogP contribution in [-0.2, 0) is 10.2 Å². The van der Waals surface area contributed by atoms with E-state index in [0.717, 1.165) is 6.42 Å². The molecule has 1 heterocycles. The van der Waals surface area contributed by atoms with Crippen LogP contribution in [0.1, 0.15) is 52.5 Å². The molecule has 110 valence electrons. The van der Waals surface area contributed by atoms with Crippen molar-refractivity contribution in [1.29, 1.82) is 0 Å². The van der Waals surface area contributed by atoms with Gasteiger partial charge < -0.3 is 10.5 Å². The first-order valence-electron chi connectivity index (χ1n) is 7.78. The van der Waals surface area contributed by atoms with Gasteiger partial charge >= 0.3 is 0 Å². The first-order chi connectivity index (χ1) is 9.27. The molecule has 0 radical (unpaired) electrons. The summed E-state index contributed by atoms with van der Waals surface area (Å²) in [5, 5.41) is 0. The van der Waals surface area contributed by atoms with Gasteiger partial charge in [0.15, 0.2) is 0 Å². The van der Waals surface area contributed by atoms with Crippen molar-refractivity contribution in [1.82, 2.24) is 0 Å². The summed E-state index contributed by atoms with van der Waals surface area (Å²) in [6.45, 7) is 8.77. The molecule has 2 nitrogen and oxygen atoms in total. The molecule has 2 heteroatoms. The highest BCUT2D eigenvalue weighted by atomic mass is 16.5. The van der Waals surface area contributed by atoms with Gasteiger partial charge in [-0.2, -0.15) is 0 Å². The van der Waals surface area contributed by atoms with E-state index < -0.39 is 0 Å². The standard InChI is InChI=1S/C18H27NO/c1-16(2)12-14(17(3,4)20-16)15(19)18(10-11-18)13-8-6-5-7-9-13/h5-9,14-15H,10-12,19H2,1-4H3. The quantitative estimate of drug-likeness (QED) is 0.912. The van der Waals surface area contributed by atoms with Crippen molar-refractivity contribution in [3.8, 4) is 0 Å². The second kappa shape index (κ2) is 4.32. The fourth-order valence-corrected chi connectivity index (χ4v) is 4.27. The summed E-state index contributed by atoms with van der Waals surface area (Å²) in [7, 11) is 0. The smallest absolute Gasteiger partial charge is 0.0677 e. The first-order valence-corrected chi connectivity index (χ1v) is 7.78. The van der Waals surface area contributed by atoms with E-state index in [4.69, 9.17) is 10.5 Å². The van der Waals surface area contributed by atoms with Crippen molar-refractivity contribution in [2.45, 2.75) is 69.6 Å². The van der Waals surface area contributed by atoms with Crippen LogP contribution in [0, 0.1) is 5.92 Å². The van der Waals surface area contributed by atoms with Gasteiger partial charge in [0.05, 0.1) is 11.2 Å². The molecule has 1 saturated heterocycles. The number of benzene rings is 1. The maximum atomic E-state index is 6.77. The Kier molecular flexibility index (Phi) is 3.04. The molecule has 1 aromatic rings. The van der Waals surface area contributed by atoms with Crippen molar-refractivity contribution in [2.24, 2.45) is 11.7 Å². The average Bonchev–Trinajstić information content (AvgIpc) is 3.12. The Bertz CT molecular complexity index is 487. The number of hydrogen-bond donors (Lipinski definition) is 1. The fourth-order valence-electron chi connectivity index (χ4n) is 4.27. The predicted molar refractivity (Wildman–Crippen MR) is 82.7 cm³/mol. The monoisotopic (exact) mass is 273 g/mol. The number of ether oxygens (including phenoxy) is 1. The lowest BCUT2D eigenvalue weighted by atomic mass is 9.73.